The third-order valence-corrected chi connectivity index (χ3v) is 10.2. The normalized spacial score (nSPS) is 17.8. The average molecular weight is 638 g/mol. The summed E-state index contributed by atoms with van der Waals surface area (Å²) in [6.07, 6.45) is 9.49. The summed E-state index contributed by atoms with van der Waals surface area (Å²) in [4.78, 5) is 41.1. The number of carbonyl (C=O) groups excluding carboxylic acids is 2. The van der Waals surface area contributed by atoms with Crippen molar-refractivity contribution < 1.29 is 19.1 Å². The molecule has 0 bridgehead atoms. The number of pyridine rings is 1. The Morgan fingerprint density at radius 2 is 1.83 bits per heavy atom. The molecule has 0 radical (unpaired) electrons. The van der Waals surface area contributed by atoms with Crippen molar-refractivity contribution in [1.82, 2.24) is 25.2 Å². The van der Waals surface area contributed by atoms with Crippen LogP contribution in [-0.4, -0.2) is 58.9 Å². The number of benzene rings is 2. The average Bonchev–Trinajstić information content (AvgIpc) is 3.58. The van der Waals surface area contributed by atoms with Gasteiger partial charge in [-0.25, -0.2) is 9.97 Å². The molecule has 1 spiro atoms. The number of unbranched alkanes of at least 4 members (excludes halogenated alkanes) is 2. The molecular weight excluding hydrogens is 590 g/mol. The van der Waals surface area contributed by atoms with Crippen LogP contribution < -0.4 is 14.8 Å². The van der Waals surface area contributed by atoms with E-state index in [2.05, 4.69) is 33.4 Å². The van der Waals surface area contributed by atoms with E-state index in [1.54, 1.807) is 20.4 Å². The molecule has 4 aromatic rings. The van der Waals surface area contributed by atoms with E-state index in [4.69, 9.17) is 19.4 Å². The predicted octanol–water partition coefficient (Wildman–Crippen LogP) is 7.03. The zero-order valence-electron chi connectivity index (χ0n) is 27.9. The Morgan fingerprint density at radius 3 is 2.57 bits per heavy atom. The summed E-state index contributed by atoms with van der Waals surface area (Å²) in [6.45, 7) is 4.83. The van der Waals surface area contributed by atoms with Gasteiger partial charge in [0.05, 0.1) is 43.2 Å². The van der Waals surface area contributed by atoms with Crippen LogP contribution in [0.15, 0.2) is 60.8 Å². The lowest BCUT2D eigenvalue weighted by atomic mass is 9.90. The van der Waals surface area contributed by atoms with Crippen molar-refractivity contribution >= 4 is 22.6 Å². The molecule has 1 amide bonds. The summed E-state index contributed by atoms with van der Waals surface area (Å²) < 4.78 is 10.9. The van der Waals surface area contributed by atoms with Crippen LogP contribution in [0.3, 0.4) is 0 Å². The van der Waals surface area contributed by atoms with Crippen molar-refractivity contribution in [2.24, 2.45) is 11.3 Å². The predicted molar refractivity (Wildman–Crippen MR) is 183 cm³/mol. The summed E-state index contributed by atoms with van der Waals surface area (Å²) in [5.74, 6) is 2.60. The molecule has 47 heavy (non-hydrogen) atoms. The van der Waals surface area contributed by atoms with Crippen molar-refractivity contribution in [2.75, 3.05) is 27.3 Å². The molecule has 2 N–H and O–H groups in total. The Hall–Kier alpha value is -4.24. The van der Waals surface area contributed by atoms with Gasteiger partial charge in [0.1, 0.15) is 17.4 Å². The van der Waals surface area contributed by atoms with Crippen molar-refractivity contribution in [2.45, 2.75) is 77.3 Å². The van der Waals surface area contributed by atoms with Gasteiger partial charge in [-0.3, -0.25) is 14.5 Å². The number of methoxy groups -OCH3 is 2. The number of rotatable bonds is 15. The van der Waals surface area contributed by atoms with Crippen molar-refractivity contribution in [3.05, 3.63) is 72.2 Å². The molecule has 2 aliphatic rings. The Kier molecular flexibility index (Phi) is 10.2. The van der Waals surface area contributed by atoms with Gasteiger partial charge < -0.3 is 19.8 Å². The molecule has 2 atom stereocenters. The Bertz CT molecular complexity index is 1680. The number of hydrogen-bond acceptors (Lipinski definition) is 7. The largest absolute Gasteiger partial charge is 0.497 e. The molecular formula is C38H47N5O4. The quantitative estimate of drug-likeness (QED) is 0.135. The number of amides is 1. The number of fused-ring (bicyclic) bond motifs is 1. The number of aromatic nitrogens is 3. The van der Waals surface area contributed by atoms with Crippen LogP contribution in [0, 0.1) is 11.3 Å². The number of ether oxygens (including phenoxy) is 2. The number of nitrogens with one attached hydrogen (secondary N) is 2. The minimum Gasteiger partial charge on any atom is -0.497 e. The van der Waals surface area contributed by atoms with Gasteiger partial charge in [0, 0.05) is 30.7 Å². The third kappa shape index (κ3) is 7.67. The summed E-state index contributed by atoms with van der Waals surface area (Å²) >= 11 is 0. The molecule has 9 nitrogen and oxygen atoms in total. The van der Waals surface area contributed by atoms with E-state index in [0.717, 1.165) is 98.3 Å². The standard InChI is InChI=1S/C38H47N5O4/c1-4-28(44)11-6-5-7-13-33(35-39-24-34(40-35)30-22-27-10-8-9-12-32(27)42-37(30)47-3)41-36(45)31-23-38(31)18-20-43(21-19-38)25-26-14-16-29(46-2)17-15-26/h8-10,12,14-17,22,24,31,33H,4-7,11,13,18-21,23,25H2,1-3H3,(H,39,40)(H,41,45)/t31-,33+/m1/s1. The summed E-state index contributed by atoms with van der Waals surface area (Å²) in [5, 5.41) is 4.40. The van der Waals surface area contributed by atoms with Gasteiger partial charge in [-0.2, -0.15) is 0 Å². The van der Waals surface area contributed by atoms with Gasteiger partial charge in [0.15, 0.2) is 0 Å². The molecule has 1 aliphatic heterocycles. The smallest absolute Gasteiger partial charge is 0.224 e. The summed E-state index contributed by atoms with van der Waals surface area (Å²) in [6, 6.07) is 18.1. The first-order valence-corrected chi connectivity index (χ1v) is 17.1. The number of Topliss-reactive ketones (excluding diaryl/α,β-unsaturated/α-hetero) is 1. The molecule has 248 valence electrons. The van der Waals surface area contributed by atoms with Crippen LogP contribution in [0.4, 0.5) is 0 Å². The molecule has 2 aromatic carbocycles. The zero-order chi connectivity index (χ0) is 32.8. The highest BCUT2D eigenvalue weighted by Crippen LogP contribution is 2.59. The maximum Gasteiger partial charge on any atom is 0.224 e. The Morgan fingerprint density at radius 1 is 1.04 bits per heavy atom. The van der Waals surface area contributed by atoms with Crippen LogP contribution in [0.5, 0.6) is 11.6 Å². The number of likely N-dealkylation sites (tertiary alicyclic amines) is 1. The highest BCUT2D eigenvalue weighted by Gasteiger charge is 2.58. The Balaban J connectivity index is 1.11. The topological polar surface area (TPSA) is 109 Å². The van der Waals surface area contributed by atoms with E-state index >= 15 is 0 Å². The van der Waals surface area contributed by atoms with Crippen LogP contribution in [-0.2, 0) is 16.1 Å². The fourth-order valence-electron chi connectivity index (χ4n) is 7.09. The monoisotopic (exact) mass is 637 g/mol. The van der Waals surface area contributed by atoms with Crippen LogP contribution in [0.25, 0.3) is 22.2 Å². The van der Waals surface area contributed by atoms with E-state index < -0.39 is 0 Å². The Labute approximate surface area is 277 Å². The van der Waals surface area contributed by atoms with Gasteiger partial charge in [-0.15, -0.1) is 0 Å². The van der Waals surface area contributed by atoms with Gasteiger partial charge in [-0.1, -0.05) is 50.1 Å². The van der Waals surface area contributed by atoms with Gasteiger partial charge >= 0.3 is 0 Å². The maximum absolute atomic E-state index is 13.8. The molecule has 2 fully saturated rings. The number of carbonyl (C=O) groups is 2. The molecule has 9 heteroatoms. The summed E-state index contributed by atoms with van der Waals surface area (Å²) in [7, 11) is 3.31. The lowest BCUT2D eigenvalue weighted by Gasteiger charge is -2.33. The second-order valence-corrected chi connectivity index (χ2v) is 13.2. The first-order valence-electron chi connectivity index (χ1n) is 17.1. The SMILES string of the molecule is CCC(=O)CCCCC[C@H](NC(=O)[C@H]1CC12CCN(Cc1ccc(OC)cc1)CC2)c1ncc(-c2cc3ccccc3nc2OC)[nH]1. The van der Waals surface area contributed by atoms with E-state index in [-0.39, 0.29) is 23.3 Å². The molecule has 6 rings (SSSR count). The highest BCUT2D eigenvalue weighted by molar-refractivity contribution is 5.85. The van der Waals surface area contributed by atoms with Crippen molar-refractivity contribution in [3.8, 4) is 22.9 Å². The lowest BCUT2D eigenvalue weighted by molar-refractivity contribution is -0.124. The van der Waals surface area contributed by atoms with E-state index in [1.807, 2.05) is 43.3 Å². The minimum atomic E-state index is -0.245. The number of ketones is 1. The maximum atomic E-state index is 13.8. The minimum absolute atomic E-state index is 0.0366. The zero-order valence-corrected chi connectivity index (χ0v) is 27.9. The number of aromatic amines is 1. The molecule has 1 aliphatic carbocycles. The molecule has 1 saturated carbocycles. The van der Waals surface area contributed by atoms with Crippen LogP contribution in [0.2, 0.25) is 0 Å². The third-order valence-electron chi connectivity index (χ3n) is 10.2. The van der Waals surface area contributed by atoms with Gasteiger partial charge in [0.2, 0.25) is 11.8 Å². The number of nitrogens with zero attached hydrogens (tertiary/aromatic N) is 3. The number of H-pyrrole nitrogens is 1. The summed E-state index contributed by atoms with van der Waals surface area (Å²) in [5.41, 5.74) is 3.88. The second kappa shape index (κ2) is 14.7. The molecule has 2 aromatic heterocycles. The van der Waals surface area contributed by atoms with E-state index in [0.29, 0.717) is 24.5 Å². The number of hydrogen-bond donors (Lipinski definition) is 2. The number of para-hydroxylation sites is 1. The van der Waals surface area contributed by atoms with Crippen LogP contribution >= 0.6 is 0 Å². The number of piperidine rings is 1. The first kappa shape index (κ1) is 32.7. The fourth-order valence-corrected chi connectivity index (χ4v) is 7.09. The van der Waals surface area contributed by atoms with Gasteiger partial charge in [0.25, 0.3) is 0 Å². The van der Waals surface area contributed by atoms with E-state index in [9.17, 15) is 9.59 Å². The molecule has 1 saturated heterocycles. The van der Waals surface area contributed by atoms with Gasteiger partial charge in [-0.05, 0) is 80.4 Å². The van der Waals surface area contributed by atoms with Crippen LogP contribution in [0.1, 0.15) is 82.1 Å². The van der Waals surface area contributed by atoms with E-state index in [1.165, 1.54) is 5.56 Å². The van der Waals surface area contributed by atoms with Crippen molar-refractivity contribution in [3.63, 3.8) is 0 Å². The molecule has 0 unspecified atom stereocenters. The highest BCUT2D eigenvalue weighted by atomic mass is 16.5. The first-order chi connectivity index (χ1) is 22.9. The second-order valence-electron chi connectivity index (χ2n) is 13.2. The lowest BCUT2D eigenvalue weighted by Crippen LogP contribution is -2.37. The van der Waals surface area contributed by atoms with Crippen molar-refractivity contribution in [1.29, 1.82) is 0 Å². The molecule has 3 heterocycles. The fraction of sp³-hybridized carbons (Fsp3) is 0.474. The number of imidazole rings is 1.